The summed E-state index contributed by atoms with van der Waals surface area (Å²) in [5.41, 5.74) is 2.06. The van der Waals surface area contributed by atoms with Crippen molar-refractivity contribution in [1.82, 2.24) is 9.97 Å². The first kappa shape index (κ1) is 14.0. The largest absolute Gasteiger partial charge is 0.354 e. The molecule has 1 aromatic heterocycles. The molecule has 4 nitrogen and oxygen atoms in total. The van der Waals surface area contributed by atoms with Crippen LogP contribution in [0.4, 0.5) is 17.5 Å². The second-order valence-corrected chi connectivity index (χ2v) is 5.53. The van der Waals surface area contributed by atoms with Crippen molar-refractivity contribution in [2.75, 3.05) is 17.2 Å². The van der Waals surface area contributed by atoms with Crippen LogP contribution in [0.15, 0.2) is 30.5 Å². The van der Waals surface area contributed by atoms with Gasteiger partial charge in [0.05, 0.1) is 0 Å². The van der Waals surface area contributed by atoms with Gasteiger partial charge in [0.1, 0.15) is 5.82 Å². The molecule has 0 bridgehead atoms. The quantitative estimate of drug-likeness (QED) is 0.785. The Hall–Kier alpha value is -1.37. The molecule has 2 aromatic rings. The average molecular weight is 368 g/mol. The van der Waals surface area contributed by atoms with E-state index in [0.717, 1.165) is 30.0 Å². The fourth-order valence-corrected chi connectivity index (χ4v) is 1.92. The average Bonchev–Trinajstić information content (AvgIpc) is 2.42. The van der Waals surface area contributed by atoms with Gasteiger partial charge in [-0.15, -0.1) is 0 Å². The summed E-state index contributed by atoms with van der Waals surface area (Å²) in [7, 11) is 0. The van der Waals surface area contributed by atoms with Crippen molar-refractivity contribution < 1.29 is 0 Å². The van der Waals surface area contributed by atoms with E-state index in [-0.39, 0.29) is 0 Å². The van der Waals surface area contributed by atoms with Gasteiger partial charge in [0.25, 0.3) is 0 Å². The Morgan fingerprint density at radius 1 is 1.21 bits per heavy atom. The van der Waals surface area contributed by atoms with Gasteiger partial charge in [0.2, 0.25) is 5.95 Å². The second-order valence-electron chi connectivity index (χ2n) is 4.28. The van der Waals surface area contributed by atoms with E-state index in [1.54, 1.807) is 0 Å². The monoisotopic (exact) mass is 368 g/mol. The van der Waals surface area contributed by atoms with Crippen molar-refractivity contribution in [2.24, 2.45) is 0 Å². The summed E-state index contributed by atoms with van der Waals surface area (Å²) in [6.07, 6.45) is 2.89. The maximum Gasteiger partial charge on any atom is 0.224 e. The molecule has 0 aliphatic rings. The zero-order chi connectivity index (χ0) is 13.7. The minimum absolute atomic E-state index is 0.667. The standard InChI is InChI=1S/C14H17IN4/c1-3-8-16-14-17-9-10(2)13(19-14)18-12-6-4-11(15)5-7-12/h4-7,9H,3,8H2,1-2H3,(H2,16,17,18,19). The molecule has 0 amide bonds. The molecule has 1 aromatic carbocycles. The fourth-order valence-electron chi connectivity index (χ4n) is 1.56. The van der Waals surface area contributed by atoms with Crippen molar-refractivity contribution >= 4 is 40.0 Å². The Morgan fingerprint density at radius 2 is 1.95 bits per heavy atom. The van der Waals surface area contributed by atoms with E-state index in [2.05, 4.69) is 62.2 Å². The third kappa shape index (κ3) is 4.05. The van der Waals surface area contributed by atoms with Gasteiger partial charge in [-0.25, -0.2) is 4.98 Å². The molecule has 1 heterocycles. The van der Waals surface area contributed by atoms with Gasteiger partial charge >= 0.3 is 0 Å². The van der Waals surface area contributed by atoms with Gasteiger partial charge in [-0.2, -0.15) is 4.98 Å². The Balaban J connectivity index is 2.16. The minimum atomic E-state index is 0.667. The fraction of sp³-hybridized carbons (Fsp3) is 0.286. The highest BCUT2D eigenvalue weighted by atomic mass is 127. The predicted molar refractivity (Wildman–Crippen MR) is 88.0 cm³/mol. The van der Waals surface area contributed by atoms with E-state index >= 15 is 0 Å². The van der Waals surface area contributed by atoms with E-state index < -0.39 is 0 Å². The number of hydrogen-bond acceptors (Lipinski definition) is 4. The Morgan fingerprint density at radius 3 is 2.63 bits per heavy atom. The lowest BCUT2D eigenvalue weighted by Gasteiger charge is -2.10. The lowest BCUT2D eigenvalue weighted by Crippen LogP contribution is -2.06. The summed E-state index contributed by atoms with van der Waals surface area (Å²) in [6.45, 7) is 5.00. The molecule has 0 saturated carbocycles. The van der Waals surface area contributed by atoms with E-state index in [9.17, 15) is 0 Å². The highest BCUT2D eigenvalue weighted by Crippen LogP contribution is 2.19. The molecule has 2 rings (SSSR count). The third-order valence-corrected chi connectivity index (χ3v) is 3.33. The molecule has 0 unspecified atom stereocenters. The van der Waals surface area contributed by atoms with Crippen LogP contribution in [-0.4, -0.2) is 16.5 Å². The zero-order valence-electron chi connectivity index (χ0n) is 11.1. The van der Waals surface area contributed by atoms with Crippen LogP contribution < -0.4 is 10.6 Å². The van der Waals surface area contributed by atoms with E-state index in [1.807, 2.05) is 25.3 Å². The number of rotatable bonds is 5. The molecule has 0 atom stereocenters. The topological polar surface area (TPSA) is 49.8 Å². The molecular formula is C14H17IN4. The maximum atomic E-state index is 4.49. The van der Waals surface area contributed by atoms with Crippen molar-refractivity contribution in [3.63, 3.8) is 0 Å². The van der Waals surface area contributed by atoms with Crippen LogP contribution in [0.25, 0.3) is 0 Å². The van der Waals surface area contributed by atoms with Gasteiger partial charge < -0.3 is 10.6 Å². The normalized spacial score (nSPS) is 10.3. The molecule has 0 radical (unpaired) electrons. The lowest BCUT2D eigenvalue weighted by atomic mass is 10.3. The van der Waals surface area contributed by atoms with E-state index in [1.165, 1.54) is 3.57 Å². The van der Waals surface area contributed by atoms with Crippen LogP contribution in [0.1, 0.15) is 18.9 Å². The van der Waals surface area contributed by atoms with Crippen LogP contribution in [0.2, 0.25) is 0 Å². The number of halogens is 1. The van der Waals surface area contributed by atoms with E-state index in [4.69, 9.17) is 0 Å². The zero-order valence-corrected chi connectivity index (χ0v) is 13.2. The van der Waals surface area contributed by atoms with Crippen molar-refractivity contribution in [2.45, 2.75) is 20.3 Å². The smallest absolute Gasteiger partial charge is 0.224 e. The summed E-state index contributed by atoms with van der Waals surface area (Å²) in [5, 5.41) is 6.52. The highest BCUT2D eigenvalue weighted by Gasteiger charge is 2.04. The second kappa shape index (κ2) is 6.70. The Kier molecular flexibility index (Phi) is 4.95. The molecular weight excluding hydrogens is 351 g/mol. The van der Waals surface area contributed by atoms with Crippen molar-refractivity contribution in [3.05, 3.63) is 39.6 Å². The third-order valence-electron chi connectivity index (χ3n) is 2.61. The summed E-state index contributed by atoms with van der Waals surface area (Å²) in [4.78, 5) is 8.76. The Bertz CT molecular complexity index is 540. The lowest BCUT2D eigenvalue weighted by molar-refractivity contribution is 0.950. The molecule has 0 fully saturated rings. The number of anilines is 3. The SMILES string of the molecule is CCCNc1ncc(C)c(Nc2ccc(I)cc2)n1. The molecule has 19 heavy (non-hydrogen) atoms. The van der Waals surface area contributed by atoms with Crippen LogP contribution >= 0.6 is 22.6 Å². The molecule has 2 N–H and O–H groups in total. The number of benzene rings is 1. The predicted octanol–water partition coefficient (Wildman–Crippen LogP) is 3.96. The number of aryl methyl sites for hydroxylation is 1. The molecule has 100 valence electrons. The number of nitrogens with zero attached hydrogens (tertiary/aromatic N) is 2. The van der Waals surface area contributed by atoms with Gasteiger partial charge in [-0.05, 0) is 60.2 Å². The van der Waals surface area contributed by atoms with Crippen molar-refractivity contribution in [3.8, 4) is 0 Å². The molecule has 0 aliphatic carbocycles. The molecule has 5 heteroatoms. The number of nitrogens with one attached hydrogen (secondary N) is 2. The number of aromatic nitrogens is 2. The molecule has 0 saturated heterocycles. The first-order chi connectivity index (χ1) is 9.19. The summed E-state index contributed by atoms with van der Waals surface area (Å²) < 4.78 is 1.22. The first-order valence-electron chi connectivity index (χ1n) is 6.29. The summed E-state index contributed by atoms with van der Waals surface area (Å²) in [6, 6.07) is 8.22. The van der Waals surface area contributed by atoms with Crippen LogP contribution in [0.5, 0.6) is 0 Å². The van der Waals surface area contributed by atoms with Crippen LogP contribution in [0.3, 0.4) is 0 Å². The first-order valence-corrected chi connectivity index (χ1v) is 7.37. The van der Waals surface area contributed by atoms with Gasteiger partial charge in [-0.3, -0.25) is 0 Å². The Labute approximate surface area is 127 Å². The summed E-state index contributed by atoms with van der Waals surface area (Å²) in [5.74, 6) is 1.51. The van der Waals surface area contributed by atoms with Gasteiger partial charge in [0.15, 0.2) is 0 Å². The molecule has 0 aliphatic heterocycles. The summed E-state index contributed by atoms with van der Waals surface area (Å²) >= 11 is 2.29. The van der Waals surface area contributed by atoms with Gasteiger partial charge in [0, 0.05) is 27.6 Å². The van der Waals surface area contributed by atoms with Gasteiger partial charge in [-0.1, -0.05) is 6.92 Å². The van der Waals surface area contributed by atoms with Crippen LogP contribution in [0, 0.1) is 10.5 Å². The van der Waals surface area contributed by atoms with Crippen LogP contribution in [-0.2, 0) is 0 Å². The highest BCUT2D eigenvalue weighted by molar-refractivity contribution is 14.1. The molecule has 0 spiro atoms. The van der Waals surface area contributed by atoms with E-state index in [0.29, 0.717) is 5.95 Å². The van der Waals surface area contributed by atoms with Crippen molar-refractivity contribution in [1.29, 1.82) is 0 Å². The number of hydrogen-bond donors (Lipinski definition) is 2. The minimum Gasteiger partial charge on any atom is -0.354 e. The maximum absolute atomic E-state index is 4.49.